The lowest BCUT2D eigenvalue weighted by Gasteiger charge is -2.27. The monoisotopic (exact) mass is 446 g/mol. The molecule has 0 fully saturated rings. The predicted octanol–water partition coefficient (Wildman–Crippen LogP) is 2.27. The molecule has 0 spiro atoms. The second kappa shape index (κ2) is 9.57. The Labute approximate surface area is 172 Å². The first-order chi connectivity index (χ1) is 13.2. The first kappa shape index (κ1) is 21.7. The van der Waals surface area contributed by atoms with Gasteiger partial charge in [0.25, 0.3) is 0 Å². The van der Waals surface area contributed by atoms with E-state index < -0.39 is 17.9 Å². The molecule has 8 heteroatoms. The molecule has 2 rings (SSSR count). The summed E-state index contributed by atoms with van der Waals surface area (Å²) < 4.78 is 0.647. The SMILES string of the molecule is CC(C)C[C@H](N)C(=O)N(CC(N)=O)c1ccc(Br)cc1C(=O)c1ccccn1. The summed E-state index contributed by atoms with van der Waals surface area (Å²) in [5, 5.41) is 0. The zero-order valence-corrected chi connectivity index (χ0v) is 17.3. The normalized spacial score (nSPS) is 11.9. The second-order valence-corrected chi connectivity index (χ2v) is 7.75. The number of aromatic nitrogens is 1. The zero-order valence-electron chi connectivity index (χ0n) is 15.8. The van der Waals surface area contributed by atoms with Crippen molar-refractivity contribution < 1.29 is 14.4 Å². The van der Waals surface area contributed by atoms with E-state index in [1.165, 1.54) is 11.1 Å². The van der Waals surface area contributed by atoms with Crippen molar-refractivity contribution in [1.29, 1.82) is 0 Å². The minimum atomic E-state index is -0.819. The van der Waals surface area contributed by atoms with Gasteiger partial charge in [0.2, 0.25) is 17.6 Å². The zero-order chi connectivity index (χ0) is 20.8. The number of amides is 2. The third-order valence-corrected chi connectivity index (χ3v) is 4.51. The van der Waals surface area contributed by atoms with Gasteiger partial charge < -0.3 is 16.4 Å². The molecule has 0 aliphatic carbocycles. The van der Waals surface area contributed by atoms with E-state index in [2.05, 4.69) is 20.9 Å². The van der Waals surface area contributed by atoms with Crippen LogP contribution in [0, 0.1) is 5.92 Å². The Morgan fingerprint density at radius 1 is 1.18 bits per heavy atom. The molecule has 1 aromatic heterocycles. The lowest BCUT2D eigenvalue weighted by atomic mass is 10.0. The van der Waals surface area contributed by atoms with Crippen LogP contribution in [-0.2, 0) is 9.59 Å². The number of anilines is 1. The van der Waals surface area contributed by atoms with Gasteiger partial charge in [-0.05, 0) is 42.7 Å². The number of pyridine rings is 1. The number of carbonyl (C=O) groups excluding carboxylic acids is 3. The number of rotatable bonds is 8. The van der Waals surface area contributed by atoms with Crippen LogP contribution in [0.15, 0.2) is 47.1 Å². The number of ketones is 1. The van der Waals surface area contributed by atoms with E-state index in [1.54, 1.807) is 36.4 Å². The topological polar surface area (TPSA) is 119 Å². The Morgan fingerprint density at radius 3 is 2.46 bits per heavy atom. The van der Waals surface area contributed by atoms with Gasteiger partial charge in [0.15, 0.2) is 0 Å². The van der Waals surface area contributed by atoms with Crippen LogP contribution in [0.3, 0.4) is 0 Å². The highest BCUT2D eigenvalue weighted by atomic mass is 79.9. The lowest BCUT2D eigenvalue weighted by Crippen LogP contribution is -2.48. The van der Waals surface area contributed by atoms with Crippen LogP contribution in [0.5, 0.6) is 0 Å². The number of primary amides is 1. The summed E-state index contributed by atoms with van der Waals surface area (Å²) >= 11 is 3.34. The fraction of sp³-hybridized carbons (Fsp3) is 0.300. The van der Waals surface area contributed by atoms with E-state index in [0.29, 0.717) is 10.9 Å². The molecule has 28 heavy (non-hydrogen) atoms. The molecule has 0 bridgehead atoms. The highest BCUT2D eigenvalue weighted by molar-refractivity contribution is 9.10. The maximum atomic E-state index is 13.0. The molecule has 1 aromatic carbocycles. The summed E-state index contributed by atoms with van der Waals surface area (Å²) in [5.41, 5.74) is 12.1. The molecule has 0 saturated carbocycles. The highest BCUT2D eigenvalue weighted by Gasteiger charge is 2.28. The Kier molecular flexibility index (Phi) is 7.42. The van der Waals surface area contributed by atoms with Crippen molar-refractivity contribution in [2.24, 2.45) is 17.4 Å². The van der Waals surface area contributed by atoms with Crippen LogP contribution in [0.1, 0.15) is 36.3 Å². The molecule has 1 atom stereocenters. The van der Waals surface area contributed by atoms with E-state index in [0.717, 1.165) is 0 Å². The molecule has 148 valence electrons. The maximum Gasteiger partial charge on any atom is 0.244 e. The van der Waals surface area contributed by atoms with Crippen LogP contribution in [0.25, 0.3) is 0 Å². The minimum Gasteiger partial charge on any atom is -0.368 e. The fourth-order valence-corrected chi connectivity index (χ4v) is 3.17. The summed E-state index contributed by atoms with van der Waals surface area (Å²) in [6.07, 6.45) is 1.95. The third-order valence-electron chi connectivity index (χ3n) is 4.01. The van der Waals surface area contributed by atoms with Gasteiger partial charge in [-0.2, -0.15) is 0 Å². The fourth-order valence-electron chi connectivity index (χ4n) is 2.81. The summed E-state index contributed by atoms with van der Waals surface area (Å²) in [6.45, 7) is 3.51. The molecule has 0 aliphatic heterocycles. The first-order valence-corrected chi connectivity index (χ1v) is 9.60. The molecule has 0 radical (unpaired) electrons. The van der Waals surface area contributed by atoms with Gasteiger partial charge in [-0.3, -0.25) is 19.4 Å². The van der Waals surface area contributed by atoms with E-state index in [-0.39, 0.29) is 35.2 Å². The summed E-state index contributed by atoms with van der Waals surface area (Å²) in [7, 11) is 0. The summed E-state index contributed by atoms with van der Waals surface area (Å²) in [6, 6.07) is 9.01. The number of hydrogen-bond acceptors (Lipinski definition) is 5. The maximum absolute atomic E-state index is 13.0. The summed E-state index contributed by atoms with van der Waals surface area (Å²) in [5.74, 6) is -1.36. The van der Waals surface area contributed by atoms with Crippen molar-refractivity contribution in [2.45, 2.75) is 26.3 Å². The molecule has 2 aromatic rings. The van der Waals surface area contributed by atoms with Gasteiger partial charge in [0.05, 0.1) is 11.7 Å². The standard InChI is InChI=1S/C20H23BrN4O3/c1-12(2)9-15(22)20(28)25(11-18(23)26)17-7-6-13(21)10-14(17)19(27)16-5-3-4-8-24-16/h3-8,10,12,15H,9,11,22H2,1-2H3,(H2,23,26)/t15-/m0/s1. The average molecular weight is 447 g/mol. The molecule has 0 unspecified atom stereocenters. The van der Waals surface area contributed by atoms with Crippen LogP contribution in [0.4, 0.5) is 5.69 Å². The number of carbonyl (C=O) groups is 3. The van der Waals surface area contributed by atoms with Crippen molar-refractivity contribution in [2.75, 3.05) is 11.4 Å². The van der Waals surface area contributed by atoms with Gasteiger partial charge in [-0.25, -0.2) is 0 Å². The quantitative estimate of drug-likeness (QED) is 0.602. The smallest absolute Gasteiger partial charge is 0.244 e. The van der Waals surface area contributed by atoms with Crippen LogP contribution < -0.4 is 16.4 Å². The Balaban J connectivity index is 2.52. The number of hydrogen-bond donors (Lipinski definition) is 2. The Morgan fingerprint density at radius 2 is 1.89 bits per heavy atom. The summed E-state index contributed by atoms with van der Waals surface area (Å²) in [4.78, 5) is 42.9. The van der Waals surface area contributed by atoms with Crippen molar-refractivity contribution in [3.8, 4) is 0 Å². The van der Waals surface area contributed by atoms with Crippen LogP contribution in [-0.4, -0.2) is 35.2 Å². The molecular weight excluding hydrogens is 424 g/mol. The van der Waals surface area contributed by atoms with Gasteiger partial charge in [-0.15, -0.1) is 0 Å². The average Bonchev–Trinajstić information content (AvgIpc) is 2.65. The molecule has 1 heterocycles. The Hall–Kier alpha value is -2.58. The number of nitrogens with two attached hydrogens (primary N) is 2. The molecule has 7 nitrogen and oxygen atoms in total. The second-order valence-electron chi connectivity index (χ2n) is 6.83. The van der Waals surface area contributed by atoms with E-state index in [1.807, 2.05) is 13.8 Å². The third kappa shape index (κ3) is 5.46. The molecule has 2 amide bonds. The Bertz CT molecular complexity index is 871. The molecule has 0 aliphatic rings. The van der Waals surface area contributed by atoms with Gasteiger partial charge >= 0.3 is 0 Å². The highest BCUT2D eigenvalue weighted by Crippen LogP contribution is 2.27. The largest absolute Gasteiger partial charge is 0.368 e. The molecule has 4 N–H and O–H groups in total. The van der Waals surface area contributed by atoms with Crippen LogP contribution >= 0.6 is 15.9 Å². The van der Waals surface area contributed by atoms with Crippen molar-refractivity contribution >= 4 is 39.2 Å². The van der Waals surface area contributed by atoms with E-state index >= 15 is 0 Å². The van der Waals surface area contributed by atoms with E-state index in [4.69, 9.17) is 11.5 Å². The van der Waals surface area contributed by atoms with E-state index in [9.17, 15) is 14.4 Å². The van der Waals surface area contributed by atoms with Crippen LogP contribution in [0.2, 0.25) is 0 Å². The van der Waals surface area contributed by atoms with Gasteiger partial charge in [0.1, 0.15) is 12.2 Å². The first-order valence-electron chi connectivity index (χ1n) is 8.81. The lowest BCUT2D eigenvalue weighted by molar-refractivity contribution is -0.123. The van der Waals surface area contributed by atoms with Gasteiger partial charge in [0, 0.05) is 16.2 Å². The van der Waals surface area contributed by atoms with Gasteiger partial charge in [-0.1, -0.05) is 35.8 Å². The number of nitrogens with zero attached hydrogens (tertiary/aromatic N) is 2. The van der Waals surface area contributed by atoms with Crippen molar-refractivity contribution in [3.05, 3.63) is 58.3 Å². The van der Waals surface area contributed by atoms with Crippen molar-refractivity contribution in [1.82, 2.24) is 4.98 Å². The number of benzene rings is 1. The number of halogens is 1. The minimum absolute atomic E-state index is 0.189. The predicted molar refractivity (Wildman–Crippen MR) is 111 cm³/mol. The molecular formula is C20H23BrN4O3. The van der Waals surface area contributed by atoms with Crippen molar-refractivity contribution in [3.63, 3.8) is 0 Å². The molecule has 0 saturated heterocycles.